The van der Waals surface area contributed by atoms with Crippen LogP contribution in [0.5, 0.6) is 0 Å². The molecule has 0 aliphatic carbocycles. The molecular weight excluding hydrogens is 1310 g/mol. The van der Waals surface area contributed by atoms with Crippen molar-refractivity contribution >= 4 is 39.5 Å². The smallest absolute Gasteiger partial charge is 0.462 e. The number of aliphatic hydroxyl groups is 1. The summed E-state index contributed by atoms with van der Waals surface area (Å²) in [5.41, 5.74) is 0. The van der Waals surface area contributed by atoms with E-state index in [0.29, 0.717) is 31.6 Å². The zero-order chi connectivity index (χ0) is 73.8. The molecule has 100 heavy (non-hydrogen) atoms. The number of aliphatic hydroxyl groups excluding tert-OH is 1. The van der Waals surface area contributed by atoms with Crippen molar-refractivity contribution < 1.29 is 80.2 Å². The van der Waals surface area contributed by atoms with E-state index in [-0.39, 0.29) is 25.7 Å². The largest absolute Gasteiger partial charge is 0.472 e. The van der Waals surface area contributed by atoms with Gasteiger partial charge in [0, 0.05) is 25.7 Å². The van der Waals surface area contributed by atoms with E-state index in [2.05, 4.69) is 55.4 Å². The van der Waals surface area contributed by atoms with E-state index in [4.69, 9.17) is 37.0 Å². The first-order chi connectivity index (χ1) is 48.1. The monoisotopic (exact) mass is 1470 g/mol. The standard InChI is InChI=1S/C81H158O17P2/c1-9-74(8)60-52-44-35-31-32-38-48-56-64-81(86)98-76(67-91-78(83)61-53-45-36-29-25-21-17-13-11-10-12-15-19-23-27-33-41-49-57-71(2)3)69-95-99(87,88)93-65-75(82)66-94-100(89,90)96-70-77(68-92-79(84)62-54-46-40-39-43-51-59-73(6)7)97-80(85)63-55-47-37-30-26-22-18-14-16-20-24-28-34-42-50-58-72(4)5/h71-77,82H,9-70H2,1-8H3,(H,87,88)(H,89,90)/t74?,75?,76-,77-/m1/s1. The number of carbonyl (C=O) groups excluding carboxylic acids is 4. The minimum atomic E-state index is -4.96. The van der Waals surface area contributed by atoms with Crippen LogP contribution in [0.4, 0.5) is 0 Å². The summed E-state index contributed by atoms with van der Waals surface area (Å²) < 4.78 is 68.6. The van der Waals surface area contributed by atoms with Gasteiger partial charge in [0.2, 0.25) is 0 Å². The molecule has 0 aliphatic rings. The highest BCUT2D eigenvalue weighted by atomic mass is 31.2. The second-order valence-corrected chi connectivity index (χ2v) is 33.7. The Balaban J connectivity index is 5.16. The lowest BCUT2D eigenvalue weighted by atomic mass is 9.99. The molecule has 0 radical (unpaired) electrons. The maximum Gasteiger partial charge on any atom is 0.472 e. The second-order valence-electron chi connectivity index (χ2n) is 30.8. The van der Waals surface area contributed by atoms with E-state index in [9.17, 15) is 43.2 Å². The lowest BCUT2D eigenvalue weighted by Gasteiger charge is -2.21. The minimum absolute atomic E-state index is 0.105. The van der Waals surface area contributed by atoms with Crippen molar-refractivity contribution in [3.63, 3.8) is 0 Å². The molecule has 17 nitrogen and oxygen atoms in total. The summed E-state index contributed by atoms with van der Waals surface area (Å²) in [6.45, 7) is 14.2. The molecule has 594 valence electrons. The Morgan fingerprint density at radius 3 is 0.710 bits per heavy atom. The van der Waals surface area contributed by atoms with Crippen molar-refractivity contribution in [1.29, 1.82) is 0 Å². The zero-order valence-corrected chi connectivity index (χ0v) is 67.6. The van der Waals surface area contributed by atoms with E-state index in [1.54, 1.807) is 0 Å². The van der Waals surface area contributed by atoms with Crippen molar-refractivity contribution in [3.8, 4) is 0 Å². The Morgan fingerprint density at radius 1 is 0.280 bits per heavy atom. The fourth-order valence-electron chi connectivity index (χ4n) is 12.4. The predicted octanol–water partition coefficient (Wildman–Crippen LogP) is 24.0. The Morgan fingerprint density at radius 2 is 0.480 bits per heavy atom. The third-order valence-electron chi connectivity index (χ3n) is 19.2. The summed E-state index contributed by atoms with van der Waals surface area (Å²) in [5.74, 6) is 0.956. The van der Waals surface area contributed by atoms with Gasteiger partial charge in [0.1, 0.15) is 19.3 Å². The molecule has 0 bridgehead atoms. The maximum absolute atomic E-state index is 13.1. The Kier molecular flexibility index (Phi) is 68.7. The molecule has 0 aromatic heterocycles. The van der Waals surface area contributed by atoms with Gasteiger partial charge in [0.25, 0.3) is 0 Å². The maximum atomic E-state index is 13.1. The first-order valence-corrected chi connectivity index (χ1v) is 44.7. The van der Waals surface area contributed by atoms with Crippen molar-refractivity contribution in [2.75, 3.05) is 39.6 Å². The van der Waals surface area contributed by atoms with Gasteiger partial charge in [-0.05, 0) is 49.4 Å². The molecular formula is C81H158O17P2. The number of phosphoric ester groups is 2. The number of hydrogen-bond acceptors (Lipinski definition) is 15. The molecule has 0 heterocycles. The Bertz CT molecular complexity index is 1960. The van der Waals surface area contributed by atoms with Crippen LogP contribution in [-0.4, -0.2) is 96.7 Å². The van der Waals surface area contributed by atoms with Crippen LogP contribution in [0.15, 0.2) is 0 Å². The summed E-state index contributed by atoms with van der Waals surface area (Å²) in [6, 6.07) is 0. The number of esters is 4. The molecule has 4 unspecified atom stereocenters. The van der Waals surface area contributed by atoms with Gasteiger partial charge in [-0.15, -0.1) is 0 Å². The summed E-state index contributed by atoms with van der Waals surface area (Å²) >= 11 is 0. The molecule has 19 heteroatoms. The Hall–Kier alpha value is -1.94. The third kappa shape index (κ3) is 73.0. The number of ether oxygens (including phenoxy) is 4. The zero-order valence-electron chi connectivity index (χ0n) is 65.8. The van der Waals surface area contributed by atoms with E-state index >= 15 is 0 Å². The van der Waals surface area contributed by atoms with E-state index in [1.807, 2.05) is 0 Å². The molecule has 0 saturated carbocycles. The average molecular weight is 1470 g/mol. The van der Waals surface area contributed by atoms with Crippen LogP contribution in [0.1, 0.15) is 415 Å². The van der Waals surface area contributed by atoms with Crippen molar-refractivity contribution in [3.05, 3.63) is 0 Å². The molecule has 0 aliphatic heterocycles. The molecule has 6 atom stereocenters. The molecule has 0 amide bonds. The van der Waals surface area contributed by atoms with Crippen LogP contribution in [0.2, 0.25) is 0 Å². The molecule has 0 rings (SSSR count). The number of hydrogen-bond donors (Lipinski definition) is 3. The van der Waals surface area contributed by atoms with Gasteiger partial charge < -0.3 is 33.8 Å². The molecule has 3 N–H and O–H groups in total. The molecule has 0 spiro atoms. The van der Waals surface area contributed by atoms with E-state index < -0.39 is 97.5 Å². The highest BCUT2D eigenvalue weighted by Crippen LogP contribution is 2.45. The molecule has 0 fully saturated rings. The summed E-state index contributed by atoms with van der Waals surface area (Å²) in [7, 11) is -9.92. The number of rotatable bonds is 78. The van der Waals surface area contributed by atoms with E-state index in [1.165, 1.54) is 212 Å². The van der Waals surface area contributed by atoms with Gasteiger partial charge in [-0.25, -0.2) is 9.13 Å². The number of carbonyl (C=O) groups is 4. The lowest BCUT2D eigenvalue weighted by Crippen LogP contribution is -2.30. The second kappa shape index (κ2) is 70.1. The van der Waals surface area contributed by atoms with Crippen LogP contribution in [0, 0.1) is 23.7 Å². The van der Waals surface area contributed by atoms with Crippen LogP contribution in [0.25, 0.3) is 0 Å². The van der Waals surface area contributed by atoms with Gasteiger partial charge in [-0.3, -0.25) is 37.3 Å². The van der Waals surface area contributed by atoms with Gasteiger partial charge in [0.15, 0.2) is 12.2 Å². The third-order valence-corrected chi connectivity index (χ3v) is 21.1. The van der Waals surface area contributed by atoms with Gasteiger partial charge >= 0.3 is 39.5 Å². The SMILES string of the molecule is CCC(C)CCCCCCCCCCC(=O)O[C@H](COC(=O)CCCCCCCCCCCCCCCCCCCCC(C)C)COP(=O)(O)OCC(O)COP(=O)(O)OC[C@@H](COC(=O)CCCCCCCCC(C)C)OC(=O)CCCCCCCCCCCCCCCCCC(C)C. The molecule has 0 aromatic carbocycles. The summed E-state index contributed by atoms with van der Waals surface area (Å²) in [4.78, 5) is 72.9. The highest BCUT2D eigenvalue weighted by Gasteiger charge is 2.30. The van der Waals surface area contributed by atoms with Crippen LogP contribution in [-0.2, 0) is 65.4 Å². The average Bonchev–Trinajstić information content (AvgIpc) is 1.00. The highest BCUT2D eigenvalue weighted by molar-refractivity contribution is 7.47. The van der Waals surface area contributed by atoms with Gasteiger partial charge in [0.05, 0.1) is 26.4 Å². The fraction of sp³-hybridized carbons (Fsp3) is 0.951. The van der Waals surface area contributed by atoms with Crippen LogP contribution < -0.4 is 0 Å². The van der Waals surface area contributed by atoms with Crippen LogP contribution >= 0.6 is 15.6 Å². The molecule has 0 aromatic rings. The quantitative estimate of drug-likeness (QED) is 0.0222. The van der Waals surface area contributed by atoms with Crippen molar-refractivity contribution in [2.45, 2.75) is 433 Å². The first-order valence-electron chi connectivity index (χ1n) is 41.7. The number of unbranched alkanes of at least 4 members (excludes halogenated alkanes) is 43. The number of phosphoric acid groups is 2. The van der Waals surface area contributed by atoms with Gasteiger partial charge in [-0.2, -0.15) is 0 Å². The first kappa shape index (κ1) is 98.1. The minimum Gasteiger partial charge on any atom is -0.462 e. The van der Waals surface area contributed by atoms with E-state index in [0.717, 1.165) is 114 Å². The normalized spacial score (nSPS) is 14.3. The van der Waals surface area contributed by atoms with Crippen molar-refractivity contribution in [2.24, 2.45) is 23.7 Å². The fourth-order valence-corrected chi connectivity index (χ4v) is 14.0. The topological polar surface area (TPSA) is 237 Å². The van der Waals surface area contributed by atoms with Crippen LogP contribution in [0.3, 0.4) is 0 Å². The lowest BCUT2D eigenvalue weighted by molar-refractivity contribution is -0.161. The summed E-state index contributed by atoms with van der Waals surface area (Å²) in [5, 5.41) is 10.6. The molecule has 0 saturated heterocycles. The van der Waals surface area contributed by atoms with Crippen molar-refractivity contribution in [1.82, 2.24) is 0 Å². The van der Waals surface area contributed by atoms with Gasteiger partial charge in [-0.1, -0.05) is 364 Å². The predicted molar refractivity (Wildman–Crippen MR) is 409 cm³/mol. The Labute approximate surface area is 613 Å². The summed E-state index contributed by atoms with van der Waals surface area (Å²) in [6.07, 6.45) is 57.1.